The van der Waals surface area contributed by atoms with E-state index in [0.717, 1.165) is 26.1 Å². The Bertz CT molecular complexity index is 540. The lowest BCUT2D eigenvalue weighted by molar-refractivity contribution is -0.131. The first-order valence-electron chi connectivity index (χ1n) is 9.03. The molecular weight excluding hydrogens is 284 g/mol. The van der Waals surface area contributed by atoms with Crippen LogP contribution >= 0.6 is 0 Å². The molecule has 2 bridgehead atoms. The lowest BCUT2D eigenvalue weighted by Gasteiger charge is -2.40. The van der Waals surface area contributed by atoms with Crippen molar-refractivity contribution in [3.63, 3.8) is 0 Å². The molecule has 3 heteroatoms. The van der Waals surface area contributed by atoms with Gasteiger partial charge < -0.3 is 4.90 Å². The number of carbonyl (C=O) groups excluding carboxylic acids is 1. The quantitative estimate of drug-likeness (QED) is 0.848. The lowest BCUT2D eigenvalue weighted by Crippen LogP contribution is -2.48. The van der Waals surface area contributed by atoms with E-state index in [4.69, 9.17) is 0 Å². The average Bonchev–Trinajstić information content (AvgIpc) is 2.68. The largest absolute Gasteiger partial charge is 0.341 e. The first-order chi connectivity index (χ1) is 11.3. The van der Waals surface area contributed by atoms with E-state index < -0.39 is 0 Å². The summed E-state index contributed by atoms with van der Waals surface area (Å²) in [7, 11) is 0. The summed E-state index contributed by atoms with van der Waals surface area (Å²) < 4.78 is 0. The molecular formula is C20H28N2O. The van der Waals surface area contributed by atoms with Crippen molar-refractivity contribution in [3.8, 4) is 0 Å². The highest BCUT2D eigenvalue weighted by Crippen LogP contribution is 2.29. The van der Waals surface area contributed by atoms with E-state index >= 15 is 0 Å². The monoisotopic (exact) mass is 312 g/mol. The van der Waals surface area contributed by atoms with E-state index in [-0.39, 0.29) is 0 Å². The molecule has 0 aliphatic carbocycles. The lowest BCUT2D eigenvalue weighted by atomic mass is 9.94. The van der Waals surface area contributed by atoms with Gasteiger partial charge in [-0.1, -0.05) is 55.8 Å². The fourth-order valence-corrected chi connectivity index (χ4v) is 4.00. The van der Waals surface area contributed by atoms with Crippen LogP contribution in [0.3, 0.4) is 0 Å². The number of fused-ring (bicyclic) bond motifs is 2. The Kier molecular flexibility index (Phi) is 5.50. The van der Waals surface area contributed by atoms with E-state index in [1.54, 1.807) is 0 Å². The Morgan fingerprint density at radius 2 is 1.96 bits per heavy atom. The van der Waals surface area contributed by atoms with Crippen molar-refractivity contribution >= 4 is 12.0 Å². The molecule has 2 unspecified atom stereocenters. The zero-order chi connectivity index (χ0) is 16.1. The van der Waals surface area contributed by atoms with Crippen molar-refractivity contribution in [2.24, 2.45) is 0 Å². The maximum absolute atomic E-state index is 12.1. The summed E-state index contributed by atoms with van der Waals surface area (Å²) in [6, 6.07) is 11.7. The fraction of sp³-hybridized carbons (Fsp3) is 0.550. The highest BCUT2D eigenvalue weighted by atomic mass is 16.2. The van der Waals surface area contributed by atoms with Crippen LogP contribution in [0.15, 0.2) is 36.4 Å². The SMILES string of the molecule is CCC(=O)N1CCC2CCCC(C1)N2CC=Cc1ccccc1. The van der Waals surface area contributed by atoms with Gasteiger partial charge in [0.15, 0.2) is 0 Å². The molecule has 2 aliphatic heterocycles. The van der Waals surface area contributed by atoms with Crippen molar-refractivity contribution < 1.29 is 4.79 Å². The maximum atomic E-state index is 12.1. The summed E-state index contributed by atoms with van der Waals surface area (Å²) in [6.45, 7) is 4.83. The third kappa shape index (κ3) is 4.03. The van der Waals surface area contributed by atoms with Gasteiger partial charge >= 0.3 is 0 Å². The van der Waals surface area contributed by atoms with E-state index in [0.29, 0.717) is 24.4 Å². The Morgan fingerprint density at radius 3 is 2.74 bits per heavy atom. The molecule has 0 aromatic heterocycles. The van der Waals surface area contributed by atoms with Crippen LogP contribution < -0.4 is 0 Å². The molecule has 2 saturated heterocycles. The van der Waals surface area contributed by atoms with Crippen molar-refractivity contribution in [3.05, 3.63) is 42.0 Å². The highest BCUT2D eigenvalue weighted by molar-refractivity contribution is 5.75. The number of carbonyl (C=O) groups is 1. The van der Waals surface area contributed by atoms with E-state index in [1.165, 1.54) is 24.8 Å². The van der Waals surface area contributed by atoms with Crippen LogP contribution in [0.4, 0.5) is 0 Å². The number of hydrogen-bond donors (Lipinski definition) is 0. The predicted molar refractivity (Wildman–Crippen MR) is 95.1 cm³/mol. The molecule has 0 N–H and O–H groups in total. The van der Waals surface area contributed by atoms with Gasteiger partial charge in [0.25, 0.3) is 0 Å². The molecule has 0 spiro atoms. The van der Waals surface area contributed by atoms with E-state index in [1.807, 2.05) is 6.92 Å². The van der Waals surface area contributed by atoms with Gasteiger partial charge in [0.05, 0.1) is 0 Å². The van der Waals surface area contributed by atoms with Crippen LogP contribution in [0, 0.1) is 0 Å². The van der Waals surface area contributed by atoms with Crippen LogP contribution in [0.25, 0.3) is 6.08 Å². The van der Waals surface area contributed by atoms with E-state index in [2.05, 4.69) is 52.3 Å². The molecule has 2 fully saturated rings. The molecule has 2 aliphatic rings. The average molecular weight is 312 g/mol. The molecule has 2 heterocycles. The van der Waals surface area contributed by atoms with Crippen LogP contribution in [0.1, 0.15) is 44.6 Å². The topological polar surface area (TPSA) is 23.6 Å². The number of nitrogens with zero attached hydrogens (tertiary/aromatic N) is 2. The predicted octanol–water partition coefficient (Wildman–Crippen LogP) is 3.57. The van der Waals surface area contributed by atoms with Crippen molar-refractivity contribution in [1.29, 1.82) is 0 Å². The summed E-state index contributed by atoms with van der Waals surface area (Å²) in [6.07, 6.45) is 10.1. The van der Waals surface area contributed by atoms with Gasteiger partial charge in [-0.25, -0.2) is 0 Å². The van der Waals surface area contributed by atoms with Crippen molar-refractivity contribution in [1.82, 2.24) is 9.80 Å². The second-order valence-corrected chi connectivity index (χ2v) is 6.73. The molecule has 2 atom stereocenters. The molecule has 0 radical (unpaired) electrons. The Balaban J connectivity index is 1.66. The minimum atomic E-state index is 0.317. The summed E-state index contributed by atoms with van der Waals surface area (Å²) >= 11 is 0. The van der Waals surface area contributed by atoms with Crippen molar-refractivity contribution in [2.45, 2.75) is 51.1 Å². The Hall–Kier alpha value is -1.61. The minimum Gasteiger partial charge on any atom is -0.341 e. The molecule has 23 heavy (non-hydrogen) atoms. The number of benzene rings is 1. The van der Waals surface area contributed by atoms with Crippen LogP contribution in [-0.2, 0) is 4.79 Å². The van der Waals surface area contributed by atoms with Crippen LogP contribution in [0.5, 0.6) is 0 Å². The summed E-state index contributed by atoms with van der Waals surface area (Å²) in [5.74, 6) is 0.317. The summed E-state index contributed by atoms with van der Waals surface area (Å²) in [4.78, 5) is 16.9. The first-order valence-corrected chi connectivity index (χ1v) is 9.03. The molecule has 1 amide bonds. The van der Waals surface area contributed by atoms with Crippen LogP contribution in [-0.4, -0.2) is 47.4 Å². The number of amides is 1. The number of piperidine rings is 1. The highest BCUT2D eigenvalue weighted by Gasteiger charge is 2.34. The standard InChI is InChI=1S/C20H28N2O/c1-2-20(23)21-15-13-18-11-6-12-19(16-21)22(18)14-7-10-17-8-4-3-5-9-17/h3-5,7-10,18-19H,2,6,11-16H2,1H3. The minimum absolute atomic E-state index is 0.317. The number of rotatable bonds is 4. The van der Waals surface area contributed by atoms with Crippen LogP contribution in [0.2, 0.25) is 0 Å². The Morgan fingerprint density at radius 1 is 1.17 bits per heavy atom. The summed E-state index contributed by atoms with van der Waals surface area (Å²) in [5.41, 5.74) is 1.26. The molecule has 124 valence electrons. The smallest absolute Gasteiger partial charge is 0.222 e. The van der Waals surface area contributed by atoms with Gasteiger partial charge in [-0.05, 0) is 24.8 Å². The first kappa shape index (κ1) is 16.3. The van der Waals surface area contributed by atoms with Gasteiger partial charge in [0.1, 0.15) is 0 Å². The number of hydrogen-bond acceptors (Lipinski definition) is 2. The van der Waals surface area contributed by atoms with Gasteiger partial charge in [0.2, 0.25) is 5.91 Å². The second-order valence-electron chi connectivity index (χ2n) is 6.73. The van der Waals surface area contributed by atoms with E-state index in [9.17, 15) is 4.79 Å². The van der Waals surface area contributed by atoms with Gasteiger partial charge in [-0.2, -0.15) is 0 Å². The third-order valence-corrected chi connectivity index (χ3v) is 5.26. The fourth-order valence-electron chi connectivity index (χ4n) is 4.00. The third-order valence-electron chi connectivity index (χ3n) is 5.26. The molecule has 3 rings (SSSR count). The molecule has 0 saturated carbocycles. The van der Waals surface area contributed by atoms with Gasteiger partial charge in [-0.15, -0.1) is 0 Å². The van der Waals surface area contributed by atoms with Gasteiger partial charge in [0, 0.05) is 38.1 Å². The second kappa shape index (κ2) is 7.78. The molecule has 1 aromatic carbocycles. The molecule has 3 nitrogen and oxygen atoms in total. The normalized spacial score (nSPS) is 25.5. The van der Waals surface area contributed by atoms with Crippen molar-refractivity contribution in [2.75, 3.05) is 19.6 Å². The zero-order valence-corrected chi connectivity index (χ0v) is 14.2. The van der Waals surface area contributed by atoms with Gasteiger partial charge in [-0.3, -0.25) is 9.69 Å². The summed E-state index contributed by atoms with van der Waals surface area (Å²) in [5, 5.41) is 0. The maximum Gasteiger partial charge on any atom is 0.222 e. The zero-order valence-electron chi connectivity index (χ0n) is 14.2. The Labute approximate surface area is 140 Å². The molecule has 1 aromatic rings.